The van der Waals surface area contributed by atoms with Gasteiger partial charge < -0.3 is 4.57 Å². The van der Waals surface area contributed by atoms with E-state index in [1.54, 1.807) is 6.07 Å². The minimum Gasteiger partial charge on any atom is -0.309 e. The molecule has 0 aliphatic carbocycles. The third kappa shape index (κ3) is 3.03. The monoisotopic (exact) mass is 387 g/mol. The summed E-state index contributed by atoms with van der Waals surface area (Å²) >= 11 is 0. The van der Waals surface area contributed by atoms with E-state index in [9.17, 15) is 4.79 Å². The van der Waals surface area contributed by atoms with E-state index in [1.165, 1.54) is 0 Å². The Hall–Kier alpha value is -3.91. The molecule has 0 fully saturated rings. The van der Waals surface area contributed by atoms with Gasteiger partial charge >= 0.3 is 0 Å². The van der Waals surface area contributed by atoms with E-state index < -0.39 is 0 Å². The third-order valence-electron chi connectivity index (χ3n) is 5.58. The molecule has 0 saturated carbocycles. The van der Waals surface area contributed by atoms with Crippen LogP contribution < -0.4 is 5.43 Å². The van der Waals surface area contributed by atoms with Gasteiger partial charge in [-0.15, -0.1) is 0 Å². The second-order valence-electron chi connectivity index (χ2n) is 7.43. The molecule has 0 amide bonds. The molecule has 5 aromatic rings. The zero-order valence-electron chi connectivity index (χ0n) is 16.7. The van der Waals surface area contributed by atoms with Crippen LogP contribution in [0.1, 0.15) is 5.56 Å². The van der Waals surface area contributed by atoms with Gasteiger partial charge in [-0.25, -0.2) is 0 Å². The largest absolute Gasteiger partial charge is 0.309 e. The maximum Gasteiger partial charge on any atom is 0.185 e. The first kappa shape index (κ1) is 18.1. The highest BCUT2D eigenvalue weighted by Gasteiger charge is 2.18. The lowest BCUT2D eigenvalue weighted by atomic mass is 9.98. The molecule has 0 spiro atoms. The summed E-state index contributed by atoms with van der Waals surface area (Å²) in [5.74, 6) is 0. The predicted molar refractivity (Wildman–Crippen MR) is 125 cm³/mol. The van der Waals surface area contributed by atoms with Crippen molar-refractivity contribution < 1.29 is 0 Å². The summed E-state index contributed by atoms with van der Waals surface area (Å²) in [6.07, 6.45) is 0. The van der Waals surface area contributed by atoms with E-state index >= 15 is 0 Å². The Kier molecular flexibility index (Phi) is 4.53. The van der Waals surface area contributed by atoms with Crippen molar-refractivity contribution in [2.24, 2.45) is 0 Å². The fraction of sp³-hybridized carbons (Fsp3) is 0.0357. The molecule has 4 aromatic carbocycles. The number of benzene rings is 4. The average molecular weight is 387 g/mol. The highest BCUT2D eigenvalue weighted by molar-refractivity contribution is 5.96. The fourth-order valence-electron chi connectivity index (χ4n) is 4.14. The Balaban J connectivity index is 1.95. The van der Waals surface area contributed by atoms with Gasteiger partial charge in [0.2, 0.25) is 0 Å². The third-order valence-corrected chi connectivity index (χ3v) is 5.58. The van der Waals surface area contributed by atoms with Gasteiger partial charge in [-0.2, -0.15) is 0 Å². The van der Waals surface area contributed by atoms with E-state index in [0.29, 0.717) is 0 Å². The minimum absolute atomic E-state index is 0.0453. The first-order chi connectivity index (χ1) is 14.7. The number of para-hydroxylation sites is 1. The lowest BCUT2D eigenvalue weighted by molar-refractivity contribution is 1.04. The van der Waals surface area contributed by atoms with Crippen molar-refractivity contribution in [1.29, 1.82) is 0 Å². The van der Waals surface area contributed by atoms with Gasteiger partial charge in [0.1, 0.15) is 0 Å². The summed E-state index contributed by atoms with van der Waals surface area (Å²) < 4.78 is 2.22. The molecular formula is C28H21NO. The van der Waals surface area contributed by atoms with Crippen LogP contribution in [0.4, 0.5) is 0 Å². The van der Waals surface area contributed by atoms with E-state index in [4.69, 9.17) is 0 Å². The van der Waals surface area contributed by atoms with E-state index in [1.807, 2.05) is 55.5 Å². The number of hydrogen-bond donors (Lipinski definition) is 0. The molecular weight excluding hydrogens is 366 g/mol. The van der Waals surface area contributed by atoms with Gasteiger partial charge in [0.05, 0.1) is 11.4 Å². The van der Waals surface area contributed by atoms with Gasteiger partial charge in [0.25, 0.3) is 0 Å². The zero-order valence-corrected chi connectivity index (χ0v) is 16.7. The number of nitrogens with zero attached hydrogens (tertiary/aromatic N) is 1. The van der Waals surface area contributed by atoms with Crippen LogP contribution in [0.2, 0.25) is 0 Å². The molecule has 1 aromatic heterocycles. The summed E-state index contributed by atoms with van der Waals surface area (Å²) in [5.41, 5.74) is 5.72. The normalized spacial score (nSPS) is 11.0. The van der Waals surface area contributed by atoms with Crippen LogP contribution in [0.5, 0.6) is 0 Å². The van der Waals surface area contributed by atoms with E-state index in [2.05, 4.69) is 59.2 Å². The summed E-state index contributed by atoms with van der Waals surface area (Å²) in [6.45, 7) is 1.91. The molecule has 1 heterocycles. The molecule has 0 bridgehead atoms. The number of pyridine rings is 1. The average Bonchev–Trinajstić information content (AvgIpc) is 2.81. The molecule has 0 N–H and O–H groups in total. The second kappa shape index (κ2) is 7.49. The van der Waals surface area contributed by atoms with Crippen LogP contribution in [0.25, 0.3) is 39.0 Å². The quantitative estimate of drug-likeness (QED) is 0.340. The topological polar surface area (TPSA) is 22.0 Å². The van der Waals surface area contributed by atoms with Gasteiger partial charge in [-0.3, -0.25) is 4.79 Å². The van der Waals surface area contributed by atoms with Crippen LogP contribution in [0.3, 0.4) is 0 Å². The molecule has 144 valence electrons. The van der Waals surface area contributed by atoms with Crippen LogP contribution in [0, 0.1) is 6.92 Å². The molecule has 0 radical (unpaired) electrons. The summed E-state index contributed by atoms with van der Waals surface area (Å²) in [6, 6.07) is 36.8. The zero-order chi connectivity index (χ0) is 20.5. The van der Waals surface area contributed by atoms with Crippen molar-refractivity contribution in [3.05, 3.63) is 125 Å². The van der Waals surface area contributed by atoms with Gasteiger partial charge in [-0.05, 0) is 35.4 Å². The number of hydrogen-bond acceptors (Lipinski definition) is 1. The first-order valence-electron chi connectivity index (χ1n) is 10.1. The predicted octanol–water partition coefficient (Wildman–Crippen LogP) is 6.63. The van der Waals surface area contributed by atoms with E-state index in [-0.39, 0.29) is 5.43 Å². The van der Waals surface area contributed by atoms with Gasteiger partial charge in [0, 0.05) is 22.9 Å². The molecule has 0 saturated heterocycles. The standard InChI is InChI=1S/C28H21NO/c1-20-27(30)19-26(25-18-10-14-21-11-8-9-17-24(21)25)29(23-15-6-3-7-16-23)28(20)22-12-4-2-5-13-22/h2-19H,1H3. The highest BCUT2D eigenvalue weighted by Crippen LogP contribution is 2.34. The SMILES string of the molecule is Cc1c(-c2ccccc2)n(-c2ccccc2)c(-c2cccc3ccccc23)cc1=O. The Morgan fingerprint density at radius 3 is 2.07 bits per heavy atom. The van der Waals surface area contributed by atoms with Crippen LogP contribution in [-0.2, 0) is 0 Å². The summed E-state index contributed by atoms with van der Waals surface area (Å²) in [7, 11) is 0. The van der Waals surface area contributed by atoms with E-state index in [0.717, 1.165) is 44.5 Å². The van der Waals surface area contributed by atoms with Crippen molar-refractivity contribution in [1.82, 2.24) is 4.57 Å². The Morgan fingerprint density at radius 2 is 1.30 bits per heavy atom. The minimum atomic E-state index is 0.0453. The summed E-state index contributed by atoms with van der Waals surface area (Å²) in [4.78, 5) is 13.1. The molecule has 2 nitrogen and oxygen atoms in total. The maximum absolute atomic E-state index is 13.1. The number of aromatic nitrogens is 1. The highest BCUT2D eigenvalue weighted by atomic mass is 16.1. The Morgan fingerprint density at radius 1 is 0.667 bits per heavy atom. The molecule has 0 aliphatic heterocycles. The lowest BCUT2D eigenvalue weighted by Gasteiger charge is -2.22. The van der Waals surface area contributed by atoms with Crippen molar-refractivity contribution in [2.75, 3.05) is 0 Å². The van der Waals surface area contributed by atoms with Crippen LogP contribution in [-0.4, -0.2) is 4.57 Å². The molecule has 5 rings (SSSR count). The Bertz CT molecular complexity index is 1390. The van der Waals surface area contributed by atoms with Gasteiger partial charge in [0.15, 0.2) is 5.43 Å². The maximum atomic E-state index is 13.1. The first-order valence-corrected chi connectivity index (χ1v) is 10.1. The van der Waals surface area contributed by atoms with Gasteiger partial charge in [-0.1, -0.05) is 91.0 Å². The van der Waals surface area contributed by atoms with Crippen LogP contribution in [0.15, 0.2) is 114 Å². The fourth-order valence-corrected chi connectivity index (χ4v) is 4.14. The van der Waals surface area contributed by atoms with Crippen molar-refractivity contribution >= 4 is 10.8 Å². The second-order valence-corrected chi connectivity index (χ2v) is 7.43. The molecule has 30 heavy (non-hydrogen) atoms. The molecule has 0 atom stereocenters. The van der Waals surface area contributed by atoms with Crippen molar-refractivity contribution in [3.8, 4) is 28.2 Å². The van der Waals surface area contributed by atoms with Crippen molar-refractivity contribution in [3.63, 3.8) is 0 Å². The smallest absolute Gasteiger partial charge is 0.185 e. The lowest BCUT2D eigenvalue weighted by Crippen LogP contribution is -2.15. The van der Waals surface area contributed by atoms with Crippen LogP contribution >= 0.6 is 0 Å². The number of fused-ring (bicyclic) bond motifs is 1. The molecule has 0 unspecified atom stereocenters. The number of rotatable bonds is 3. The van der Waals surface area contributed by atoms with Crippen molar-refractivity contribution in [2.45, 2.75) is 6.92 Å². The molecule has 2 heteroatoms. The molecule has 0 aliphatic rings. The summed E-state index contributed by atoms with van der Waals surface area (Å²) in [5, 5.41) is 2.29. The Labute approximate surface area is 175 Å².